The van der Waals surface area contributed by atoms with Gasteiger partial charge in [0.25, 0.3) is 0 Å². The molecule has 1 aliphatic rings. The predicted molar refractivity (Wildman–Crippen MR) is 106 cm³/mol. The number of hydrazone groups is 1. The molecule has 1 fully saturated rings. The zero-order valence-corrected chi connectivity index (χ0v) is 15.7. The fraction of sp³-hybridized carbons (Fsp3) is 0.222. The zero-order valence-electron chi connectivity index (χ0n) is 13.4. The van der Waals surface area contributed by atoms with E-state index in [0.29, 0.717) is 16.9 Å². The number of halogens is 1. The number of nitrogens with one attached hydrogen (secondary N) is 1. The highest BCUT2D eigenvalue weighted by Crippen LogP contribution is 2.23. The van der Waals surface area contributed by atoms with E-state index in [1.54, 1.807) is 18.3 Å². The minimum absolute atomic E-state index is 0.154. The summed E-state index contributed by atoms with van der Waals surface area (Å²) in [6.45, 7) is 0. The third-order valence-electron chi connectivity index (χ3n) is 3.38. The van der Waals surface area contributed by atoms with E-state index in [2.05, 4.69) is 10.5 Å². The molecule has 1 saturated heterocycles. The molecular formula is C18H17ClN2O2S2. The van der Waals surface area contributed by atoms with E-state index < -0.39 is 0 Å². The summed E-state index contributed by atoms with van der Waals surface area (Å²) in [4.78, 5) is 12.8. The van der Waals surface area contributed by atoms with E-state index >= 15 is 0 Å². The molecule has 1 heterocycles. The predicted octanol–water partition coefficient (Wildman–Crippen LogP) is 4.08. The van der Waals surface area contributed by atoms with Crippen LogP contribution in [0.2, 0.25) is 5.02 Å². The first-order valence-corrected chi connectivity index (χ1v) is 10.3. The first kappa shape index (κ1) is 18.2. The van der Waals surface area contributed by atoms with Crippen LogP contribution < -0.4 is 10.2 Å². The molecular weight excluding hydrogens is 376 g/mol. The van der Waals surface area contributed by atoms with Gasteiger partial charge in [-0.3, -0.25) is 4.79 Å². The zero-order chi connectivity index (χ0) is 17.5. The highest BCUT2D eigenvalue weighted by Gasteiger charge is 2.19. The van der Waals surface area contributed by atoms with Crippen molar-refractivity contribution in [3.63, 3.8) is 0 Å². The van der Waals surface area contributed by atoms with Crippen LogP contribution in [-0.2, 0) is 4.79 Å². The van der Waals surface area contributed by atoms with Crippen LogP contribution in [0.25, 0.3) is 0 Å². The molecule has 0 aromatic heterocycles. The summed E-state index contributed by atoms with van der Waals surface area (Å²) in [5.41, 5.74) is 3.43. The largest absolute Gasteiger partial charge is 0.489 e. The second kappa shape index (κ2) is 9.17. The van der Waals surface area contributed by atoms with Gasteiger partial charge in [0.2, 0.25) is 5.91 Å². The summed E-state index contributed by atoms with van der Waals surface area (Å²) < 4.78 is 5.78. The van der Waals surface area contributed by atoms with Crippen LogP contribution >= 0.6 is 35.1 Å². The Bertz CT molecular complexity index is 732. The molecule has 130 valence electrons. The number of amides is 1. The molecule has 0 saturated carbocycles. The molecule has 25 heavy (non-hydrogen) atoms. The van der Waals surface area contributed by atoms with Gasteiger partial charge in [-0.1, -0.05) is 11.6 Å². The van der Waals surface area contributed by atoms with E-state index in [1.807, 2.05) is 48.2 Å². The van der Waals surface area contributed by atoms with Crippen LogP contribution in [0.1, 0.15) is 5.56 Å². The fourth-order valence-electron chi connectivity index (χ4n) is 2.00. The van der Waals surface area contributed by atoms with Gasteiger partial charge < -0.3 is 4.74 Å². The molecule has 7 heteroatoms. The highest BCUT2D eigenvalue weighted by atomic mass is 35.5. The summed E-state index contributed by atoms with van der Waals surface area (Å²) in [6, 6.07) is 15.0. The van der Waals surface area contributed by atoms with Crippen LogP contribution in [0.5, 0.6) is 5.75 Å². The number of thioether (sulfide) groups is 2. The Hall–Kier alpha value is -1.63. The maximum Gasteiger partial charge on any atom is 0.250 e. The monoisotopic (exact) mass is 392 g/mol. The Morgan fingerprint density at radius 3 is 2.60 bits per heavy atom. The first-order valence-electron chi connectivity index (χ1n) is 7.74. The smallest absolute Gasteiger partial charge is 0.250 e. The molecule has 0 aliphatic carbocycles. The van der Waals surface area contributed by atoms with E-state index in [-0.39, 0.29) is 5.91 Å². The summed E-state index contributed by atoms with van der Waals surface area (Å²) in [5, 5.41) is 4.66. The average molecular weight is 393 g/mol. The van der Waals surface area contributed by atoms with Crippen LogP contribution in [0.4, 0.5) is 0 Å². The Morgan fingerprint density at radius 1 is 1.24 bits per heavy atom. The van der Waals surface area contributed by atoms with Crippen LogP contribution in [0.3, 0.4) is 0 Å². The molecule has 0 spiro atoms. The number of carbonyl (C=O) groups is 1. The summed E-state index contributed by atoms with van der Waals surface area (Å²) >= 11 is 9.16. The van der Waals surface area contributed by atoms with Crippen LogP contribution in [0, 0.1) is 0 Å². The average Bonchev–Trinajstić information content (AvgIpc) is 2.59. The number of hydrogen-bond acceptors (Lipinski definition) is 5. The van der Waals surface area contributed by atoms with Gasteiger partial charge in [-0.2, -0.15) is 16.9 Å². The molecule has 2 aromatic rings. The summed E-state index contributed by atoms with van der Waals surface area (Å²) in [5.74, 6) is 3.13. The maximum atomic E-state index is 11.8. The number of nitrogens with zero attached hydrogens (tertiary/aromatic N) is 1. The van der Waals surface area contributed by atoms with Gasteiger partial charge >= 0.3 is 0 Å². The van der Waals surface area contributed by atoms with Crippen molar-refractivity contribution in [3.05, 3.63) is 59.1 Å². The number of benzene rings is 2. The Balaban J connectivity index is 1.40. The maximum absolute atomic E-state index is 11.8. The molecule has 0 radical (unpaired) electrons. The molecule has 4 nitrogen and oxygen atoms in total. The van der Waals surface area contributed by atoms with Gasteiger partial charge in [0.15, 0.2) is 0 Å². The molecule has 0 unspecified atom stereocenters. The molecule has 1 aliphatic heterocycles. The molecule has 1 N–H and O–H groups in total. The van der Waals surface area contributed by atoms with Crippen molar-refractivity contribution >= 4 is 47.2 Å². The Morgan fingerprint density at radius 2 is 1.96 bits per heavy atom. The van der Waals surface area contributed by atoms with Crippen molar-refractivity contribution in [1.82, 2.24) is 5.43 Å². The van der Waals surface area contributed by atoms with Gasteiger partial charge in [-0.25, -0.2) is 5.43 Å². The van der Waals surface area contributed by atoms with Crippen molar-refractivity contribution in [2.45, 2.75) is 11.0 Å². The highest BCUT2D eigenvalue weighted by molar-refractivity contribution is 8.00. The molecule has 3 rings (SSSR count). The van der Waals surface area contributed by atoms with Crippen molar-refractivity contribution in [2.75, 3.05) is 17.3 Å². The first-order chi connectivity index (χ1) is 12.2. The lowest BCUT2D eigenvalue weighted by Gasteiger charge is -2.25. The number of ether oxygens (including phenoxy) is 1. The second-order valence-electron chi connectivity index (χ2n) is 5.38. The second-order valence-corrected chi connectivity index (χ2v) is 7.94. The van der Waals surface area contributed by atoms with Gasteiger partial charge in [0.1, 0.15) is 11.9 Å². The topological polar surface area (TPSA) is 50.7 Å². The van der Waals surface area contributed by atoms with Gasteiger partial charge in [0.05, 0.1) is 12.0 Å². The lowest BCUT2D eigenvalue weighted by Crippen LogP contribution is -2.30. The standard InChI is InChI=1S/C18H17ClN2O2S2/c19-14-3-7-17(8-4-14)25-12-18(22)21-20-9-13-1-5-15(6-2-13)23-16-10-24-11-16/h1-9,16H,10-12H2,(H,21,22)/b20-9-. The minimum atomic E-state index is -0.154. The van der Waals surface area contributed by atoms with Crippen molar-refractivity contribution in [1.29, 1.82) is 0 Å². The quantitative estimate of drug-likeness (QED) is 0.438. The minimum Gasteiger partial charge on any atom is -0.489 e. The van der Waals surface area contributed by atoms with E-state index in [1.165, 1.54) is 11.8 Å². The van der Waals surface area contributed by atoms with E-state index in [4.69, 9.17) is 16.3 Å². The Kier molecular flexibility index (Phi) is 6.67. The third kappa shape index (κ3) is 5.99. The van der Waals surface area contributed by atoms with Gasteiger partial charge in [0, 0.05) is 21.4 Å². The fourth-order valence-corrected chi connectivity index (χ4v) is 3.38. The van der Waals surface area contributed by atoms with Crippen molar-refractivity contribution in [2.24, 2.45) is 5.10 Å². The number of rotatable bonds is 7. The Labute approximate surface area is 160 Å². The number of carbonyl (C=O) groups excluding carboxylic acids is 1. The van der Waals surface area contributed by atoms with Crippen molar-refractivity contribution in [3.8, 4) is 5.75 Å². The van der Waals surface area contributed by atoms with E-state index in [0.717, 1.165) is 27.7 Å². The summed E-state index contributed by atoms with van der Waals surface area (Å²) in [6.07, 6.45) is 1.95. The van der Waals surface area contributed by atoms with Crippen molar-refractivity contribution < 1.29 is 9.53 Å². The van der Waals surface area contributed by atoms with Gasteiger partial charge in [-0.15, -0.1) is 11.8 Å². The van der Waals surface area contributed by atoms with Crippen LogP contribution in [0.15, 0.2) is 58.5 Å². The molecule has 0 atom stereocenters. The lowest BCUT2D eigenvalue weighted by molar-refractivity contribution is -0.118. The summed E-state index contributed by atoms with van der Waals surface area (Å²) in [7, 11) is 0. The number of hydrogen-bond donors (Lipinski definition) is 1. The van der Waals surface area contributed by atoms with Gasteiger partial charge in [-0.05, 0) is 54.1 Å². The SMILES string of the molecule is O=C(CSc1ccc(Cl)cc1)N/N=C\c1ccc(OC2CSC2)cc1. The molecule has 0 bridgehead atoms. The molecule has 2 aromatic carbocycles. The third-order valence-corrected chi connectivity index (χ3v) is 5.86. The van der Waals surface area contributed by atoms with E-state index in [9.17, 15) is 4.79 Å². The van der Waals surface area contributed by atoms with Crippen LogP contribution in [-0.4, -0.2) is 35.5 Å². The molecule has 1 amide bonds. The lowest BCUT2D eigenvalue weighted by atomic mass is 10.2. The normalized spacial score (nSPS) is 14.3.